The van der Waals surface area contributed by atoms with Gasteiger partial charge < -0.3 is 9.90 Å². The van der Waals surface area contributed by atoms with Crippen molar-refractivity contribution in [1.82, 2.24) is 0 Å². The number of hydrogen-bond donors (Lipinski definition) is 0. The number of rotatable bonds is 41. The Morgan fingerprint density at radius 3 is 0.655 bits per heavy atom. The van der Waals surface area contributed by atoms with E-state index in [-0.39, 0.29) is 29.6 Å². The van der Waals surface area contributed by atoms with Crippen LogP contribution in [0.3, 0.4) is 0 Å². The fourth-order valence-corrected chi connectivity index (χ4v) is 9.03. The third-order valence-electron chi connectivity index (χ3n) is 12.4. The molecule has 0 aromatic heterocycles. The van der Waals surface area contributed by atoms with Gasteiger partial charge in [-0.25, -0.2) is 0 Å². The second-order valence-electron chi connectivity index (χ2n) is 17.4. The zero-order valence-electron chi connectivity index (χ0n) is 38.6. The molecule has 0 aliphatic carbocycles. The quantitative estimate of drug-likeness (QED) is 0.0491. The van der Waals surface area contributed by atoms with Crippen LogP contribution in [0.1, 0.15) is 298 Å². The zero-order chi connectivity index (χ0) is 39.3. The SMILES string of the molecule is CCCCCCCCCc1c(CCCCCCCCC)c(CCCCCCCCC)c(C(=O)[O-])c(CCCCCCCCC)c1CCCCCCCCC.[Na+]. The Labute approximate surface area is 368 Å². The largest absolute Gasteiger partial charge is 1.00 e. The molecule has 1 rings (SSSR count). The third-order valence-corrected chi connectivity index (χ3v) is 12.4. The zero-order valence-corrected chi connectivity index (χ0v) is 40.6. The van der Waals surface area contributed by atoms with Crippen LogP contribution in [0, 0.1) is 0 Å². The monoisotopic (exact) mass is 775 g/mol. The average Bonchev–Trinajstić information content (AvgIpc) is 3.17. The van der Waals surface area contributed by atoms with E-state index in [1.165, 1.54) is 234 Å². The van der Waals surface area contributed by atoms with Gasteiger partial charge in [-0.05, 0) is 92.0 Å². The molecule has 1 aromatic rings. The maximum Gasteiger partial charge on any atom is 1.00 e. The molecule has 0 N–H and O–H groups in total. The molecular formula is C52H95NaO2. The number of carboxylic acids is 1. The van der Waals surface area contributed by atoms with E-state index in [0.29, 0.717) is 5.56 Å². The van der Waals surface area contributed by atoms with Gasteiger partial charge in [-0.15, -0.1) is 0 Å². The predicted octanol–water partition coefficient (Wildman–Crippen LogP) is 13.5. The molecule has 0 spiro atoms. The van der Waals surface area contributed by atoms with Crippen molar-refractivity contribution in [2.24, 2.45) is 0 Å². The van der Waals surface area contributed by atoms with Gasteiger partial charge in [0, 0.05) is 5.56 Å². The first-order valence-electron chi connectivity index (χ1n) is 25.0. The van der Waals surface area contributed by atoms with Crippen LogP contribution in [-0.2, 0) is 32.1 Å². The molecule has 0 heterocycles. The smallest absolute Gasteiger partial charge is 0.545 e. The molecule has 55 heavy (non-hydrogen) atoms. The Morgan fingerprint density at radius 1 is 0.291 bits per heavy atom. The summed E-state index contributed by atoms with van der Waals surface area (Å²) < 4.78 is 0. The van der Waals surface area contributed by atoms with Gasteiger partial charge in [-0.2, -0.15) is 0 Å². The number of hydrogen-bond acceptors (Lipinski definition) is 2. The Kier molecular flexibility index (Phi) is 40.2. The third kappa shape index (κ3) is 27.1. The van der Waals surface area contributed by atoms with E-state index in [9.17, 15) is 9.90 Å². The molecule has 3 heteroatoms. The van der Waals surface area contributed by atoms with Gasteiger partial charge in [0.25, 0.3) is 0 Å². The summed E-state index contributed by atoms with van der Waals surface area (Å²) in [5, 5.41) is 13.5. The van der Waals surface area contributed by atoms with Gasteiger partial charge in [0.1, 0.15) is 0 Å². The van der Waals surface area contributed by atoms with Gasteiger partial charge in [0.15, 0.2) is 0 Å². The summed E-state index contributed by atoms with van der Waals surface area (Å²) in [6, 6.07) is 0. The van der Waals surface area contributed by atoms with E-state index in [4.69, 9.17) is 0 Å². The topological polar surface area (TPSA) is 40.1 Å². The van der Waals surface area contributed by atoms with E-state index in [2.05, 4.69) is 34.6 Å². The van der Waals surface area contributed by atoms with E-state index in [1.807, 2.05) is 0 Å². The minimum Gasteiger partial charge on any atom is -0.545 e. The van der Waals surface area contributed by atoms with Crippen LogP contribution in [0.15, 0.2) is 0 Å². The molecule has 0 amide bonds. The molecule has 0 saturated carbocycles. The second-order valence-corrected chi connectivity index (χ2v) is 17.4. The van der Waals surface area contributed by atoms with Crippen molar-refractivity contribution in [3.8, 4) is 0 Å². The van der Waals surface area contributed by atoms with Gasteiger partial charge in [0.2, 0.25) is 0 Å². The van der Waals surface area contributed by atoms with Crippen LogP contribution in [0.5, 0.6) is 0 Å². The summed E-state index contributed by atoms with van der Waals surface area (Å²) in [5.41, 5.74) is 7.65. The first-order valence-corrected chi connectivity index (χ1v) is 25.0. The van der Waals surface area contributed by atoms with Crippen LogP contribution in [-0.4, -0.2) is 5.97 Å². The fraction of sp³-hybridized carbons (Fsp3) is 0.865. The second kappa shape index (κ2) is 40.5. The molecule has 0 unspecified atom stereocenters. The number of carbonyl (C=O) groups excluding carboxylic acids is 1. The Hall–Kier alpha value is -0.310. The molecule has 0 aliphatic rings. The molecule has 0 bridgehead atoms. The molecule has 1 aromatic carbocycles. The summed E-state index contributed by atoms with van der Waals surface area (Å²) in [7, 11) is 0. The van der Waals surface area contributed by atoms with Crippen LogP contribution >= 0.6 is 0 Å². The predicted molar refractivity (Wildman–Crippen MR) is 239 cm³/mol. The van der Waals surface area contributed by atoms with E-state index in [1.54, 1.807) is 5.56 Å². The molecule has 0 aliphatic heterocycles. The van der Waals surface area contributed by atoms with Gasteiger partial charge in [0.05, 0.1) is 5.97 Å². The number of benzene rings is 1. The van der Waals surface area contributed by atoms with Crippen molar-refractivity contribution in [2.45, 2.75) is 291 Å². The Balaban J connectivity index is 0.0000292. The van der Waals surface area contributed by atoms with E-state index >= 15 is 0 Å². The number of aromatic carboxylic acids is 1. The van der Waals surface area contributed by atoms with Gasteiger partial charge >= 0.3 is 29.6 Å². The van der Waals surface area contributed by atoms with Gasteiger partial charge in [-0.3, -0.25) is 0 Å². The summed E-state index contributed by atoms with van der Waals surface area (Å²) in [4.78, 5) is 13.5. The fourth-order valence-electron chi connectivity index (χ4n) is 9.03. The average molecular weight is 775 g/mol. The molecule has 0 fully saturated rings. The summed E-state index contributed by atoms with van der Waals surface area (Å²) in [5.74, 6) is -0.880. The van der Waals surface area contributed by atoms with Crippen molar-refractivity contribution in [1.29, 1.82) is 0 Å². The molecule has 2 nitrogen and oxygen atoms in total. The van der Waals surface area contributed by atoms with Crippen molar-refractivity contribution in [2.75, 3.05) is 0 Å². The Bertz CT molecular complexity index is 939. The molecule has 316 valence electrons. The summed E-state index contributed by atoms with van der Waals surface area (Å²) >= 11 is 0. The summed E-state index contributed by atoms with van der Waals surface area (Å²) in [6.45, 7) is 11.5. The minimum absolute atomic E-state index is 0. The maximum absolute atomic E-state index is 13.5. The maximum atomic E-state index is 13.5. The number of carboxylic acid groups (broad SMARTS) is 1. The first kappa shape index (κ1) is 54.7. The van der Waals surface area contributed by atoms with Crippen LogP contribution in [0.2, 0.25) is 0 Å². The van der Waals surface area contributed by atoms with Crippen LogP contribution in [0.25, 0.3) is 0 Å². The standard InChI is InChI=1S/C52H96O2.Na/c1-6-11-16-21-26-31-36-41-46-47(42-37-32-27-22-17-12-7-2)49(44-39-34-29-24-19-14-9-4)51(52(53)54)50(45-40-35-30-25-20-15-10-5)48(46)43-38-33-28-23-18-13-8-3;/h6-45H2,1-5H3,(H,53,54);/q;+1/p-1. The minimum atomic E-state index is -0.880. The van der Waals surface area contributed by atoms with Crippen molar-refractivity contribution in [3.05, 3.63) is 33.4 Å². The summed E-state index contributed by atoms with van der Waals surface area (Å²) in [6.07, 6.45) is 50.4. The molecule has 0 atom stereocenters. The van der Waals surface area contributed by atoms with Crippen LogP contribution < -0.4 is 34.7 Å². The first-order chi connectivity index (χ1) is 26.6. The van der Waals surface area contributed by atoms with E-state index in [0.717, 1.165) is 44.9 Å². The number of carbonyl (C=O) groups is 1. The van der Waals surface area contributed by atoms with Gasteiger partial charge in [-0.1, -0.05) is 227 Å². The molecule has 0 radical (unpaired) electrons. The van der Waals surface area contributed by atoms with Crippen molar-refractivity contribution < 1.29 is 39.5 Å². The van der Waals surface area contributed by atoms with Crippen molar-refractivity contribution in [3.63, 3.8) is 0 Å². The molecular weight excluding hydrogens is 680 g/mol. The Morgan fingerprint density at radius 2 is 0.455 bits per heavy atom. The normalized spacial score (nSPS) is 11.4. The number of unbranched alkanes of at least 4 members (excludes halogenated alkanes) is 30. The molecule has 0 saturated heterocycles. The van der Waals surface area contributed by atoms with Crippen LogP contribution in [0.4, 0.5) is 0 Å². The van der Waals surface area contributed by atoms with Crippen molar-refractivity contribution >= 4 is 5.97 Å². The van der Waals surface area contributed by atoms with E-state index < -0.39 is 5.97 Å².